The Morgan fingerprint density at radius 2 is 1.94 bits per heavy atom. The number of nitrogens with zero attached hydrogens (tertiary/aromatic N) is 2. The molecular weight excluding hydrogens is 214 g/mol. The smallest absolute Gasteiger partial charge is 0.323 e. The van der Waals surface area contributed by atoms with E-state index in [2.05, 4.69) is 6.58 Å². The van der Waals surface area contributed by atoms with Gasteiger partial charge in [0.15, 0.2) is 0 Å². The van der Waals surface area contributed by atoms with Crippen molar-refractivity contribution in [1.29, 1.82) is 0 Å². The quantitative estimate of drug-likeness (QED) is 0.575. The zero-order valence-corrected chi connectivity index (χ0v) is 9.05. The fraction of sp³-hybridized carbons (Fsp3) is 0.444. The first kappa shape index (κ1) is 13.9. The number of nitrogens with two attached hydrogens (primary N) is 1. The van der Waals surface area contributed by atoms with Gasteiger partial charge in [-0.05, 0) is 0 Å². The van der Waals surface area contributed by atoms with Gasteiger partial charge in [0.2, 0.25) is 5.91 Å². The van der Waals surface area contributed by atoms with Crippen molar-refractivity contribution in [3.63, 3.8) is 0 Å². The Balaban J connectivity index is 4.59. The number of carbonyl (C=O) groups excluding carboxylic acids is 2. The standard InChI is InChI=1S/C9H15N3O4/c1-3-4-11(2)9(16)12(5-7(10)13)6-8(14)15/h3H,1,4-6H2,2H3,(H2,10,13)(H,14,15). The molecule has 0 radical (unpaired) electrons. The maximum Gasteiger partial charge on any atom is 0.323 e. The van der Waals surface area contributed by atoms with Crippen LogP contribution in [0.15, 0.2) is 12.7 Å². The highest BCUT2D eigenvalue weighted by molar-refractivity contribution is 5.85. The molecule has 0 atom stereocenters. The van der Waals surface area contributed by atoms with Crippen LogP contribution in [0, 0.1) is 0 Å². The Kier molecular flexibility index (Phi) is 5.61. The summed E-state index contributed by atoms with van der Waals surface area (Å²) in [7, 11) is 1.47. The number of carbonyl (C=O) groups is 3. The van der Waals surface area contributed by atoms with Crippen LogP contribution in [0.25, 0.3) is 0 Å². The Bertz CT molecular complexity index is 287. The van der Waals surface area contributed by atoms with Crippen LogP contribution in [0.1, 0.15) is 0 Å². The fourth-order valence-electron chi connectivity index (χ4n) is 1.06. The van der Waals surface area contributed by atoms with Crippen LogP contribution in [-0.4, -0.2) is 59.5 Å². The minimum atomic E-state index is -1.21. The summed E-state index contributed by atoms with van der Waals surface area (Å²) in [6, 6.07) is -0.582. The number of carboxylic acid groups (broad SMARTS) is 1. The molecule has 0 spiro atoms. The molecule has 0 fully saturated rings. The van der Waals surface area contributed by atoms with Gasteiger partial charge in [-0.3, -0.25) is 9.59 Å². The SMILES string of the molecule is C=CCN(C)C(=O)N(CC(N)=O)CC(=O)O. The first-order valence-electron chi connectivity index (χ1n) is 4.49. The molecule has 7 nitrogen and oxygen atoms in total. The van der Waals surface area contributed by atoms with Gasteiger partial charge in [-0.25, -0.2) is 4.79 Å². The van der Waals surface area contributed by atoms with Gasteiger partial charge in [-0.2, -0.15) is 0 Å². The average Bonchev–Trinajstić information content (AvgIpc) is 2.14. The summed E-state index contributed by atoms with van der Waals surface area (Å²) in [4.78, 5) is 34.9. The van der Waals surface area contributed by atoms with E-state index in [9.17, 15) is 14.4 Å². The molecule has 0 aromatic heterocycles. The number of hydrogen-bond donors (Lipinski definition) is 2. The molecule has 0 saturated carbocycles. The monoisotopic (exact) mass is 229 g/mol. The minimum absolute atomic E-state index is 0.258. The summed E-state index contributed by atoms with van der Waals surface area (Å²) in [5.74, 6) is -1.97. The molecule has 0 aromatic rings. The highest BCUT2D eigenvalue weighted by Gasteiger charge is 2.21. The van der Waals surface area contributed by atoms with E-state index in [1.54, 1.807) is 0 Å². The highest BCUT2D eigenvalue weighted by atomic mass is 16.4. The summed E-state index contributed by atoms with van der Waals surface area (Å²) >= 11 is 0. The third-order valence-corrected chi connectivity index (χ3v) is 1.67. The molecule has 3 N–H and O–H groups in total. The Labute approximate surface area is 93.1 Å². The third kappa shape index (κ3) is 4.99. The second-order valence-electron chi connectivity index (χ2n) is 3.17. The number of hydrogen-bond acceptors (Lipinski definition) is 3. The largest absolute Gasteiger partial charge is 0.480 e. The lowest BCUT2D eigenvalue weighted by Crippen LogP contribution is -2.47. The molecule has 0 aliphatic heterocycles. The highest BCUT2D eigenvalue weighted by Crippen LogP contribution is 1.97. The zero-order chi connectivity index (χ0) is 12.7. The molecule has 3 amide bonds. The molecule has 0 heterocycles. The van der Waals surface area contributed by atoms with Gasteiger partial charge in [0.05, 0.1) is 0 Å². The summed E-state index contributed by atoms with van der Waals surface area (Å²) in [5.41, 5.74) is 4.92. The molecular formula is C9H15N3O4. The first-order chi connectivity index (χ1) is 7.38. The van der Waals surface area contributed by atoms with Crippen molar-refractivity contribution in [2.45, 2.75) is 0 Å². The Morgan fingerprint density at radius 3 is 2.31 bits per heavy atom. The van der Waals surface area contributed by atoms with Gasteiger partial charge < -0.3 is 20.6 Å². The topological polar surface area (TPSA) is 104 Å². The molecule has 0 aliphatic carbocycles. The number of likely N-dealkylation sites (N-methyl/N-ethyl adjacent to an activating group) is 1. The maximum absolute atomic E-state index is 11.6. The molecule has 90 valence electrons. The second-order valence-corrected chi connectivity index (χ2v) is 3.17. The van der Waals surface area contributed by atoms with E-state index in [1.807, 2.05) is 0 Å². The summed E-state index contributed by atoms with van der Waals surface area (Å²) < 4.78 is 0. The predicted octanol–water partition coefficient (Wildman–Crippen LogP) is -0.904. The van der Waals surface area contributed by atoms with Gasteiger partial charge in [0.25, 0.3) is 0 Å². The normalized spacial score (nSPS) is 9.31. The van der Waals surface area contributed by atoms with E-state index in [1.165, 1.54) is 18.0 Å². The summed E-state index contributed by atoms with van der Waals surface area (Å²) in [6.07, 6.45) is 1.49. The first-order valence-corrected chi connectivity index (χ1v) is 4.49. The predicted molar refractivity (Wildman–Crippen MR) is 56.6 cm³/mol. The molecule has 0 bridgehead atoms. The minimum Gasteiger partial charge on any atom is -0.480 e. The number of primary amides is 1. The van der Waals surface area contributed by atoms with Gasteiger partial charge in [-0.1, -0.05) is 6.08 Å². The van der Waals surface area contributed by atoms with Crippen molar-refractivity contribution < 1.29 is 19.5 Å². The van der Waals surface area contributed by atoms with E-state index < -0.39 is 31.0 Å². The van der Waals surface area contributed by atoms with Crippen molar-refractivity contribution in [2.24, 2.45) is 5.73 Å². The van der Waals surface area contributed by atoms with E-state index in [4.69, 9.17) is 10.8 Å². The summed E-state index contributed by atoms with van der Waals surface area (Å²) in [5, 5.41) is 8.57. The van der Waals surface area contributed by atoms with Gasteiger partial charge in [-0.15, -0.1) is 6.58 Å². The van der Waals surface area contributed by atoms with E-state index in [0.717, 1.165) is 4.90 Å². The maximum atomic E-state index is 11.6. The van der Waals surface area contributed by atoms with Crippen LogP contribution in [-0.2, 0) is 9.59 Å². The Morgan fingerprint density at radius 1 is 1.38 bits per heavy atom. The number of carboxylic acids is 1. The van der Waals surface area contributed by atoms with Gasteiger partial charge in [0.1, 0.15) is 13.1 Å². The van der Waals surface area contributed by atoms with Crippen LogP contribution < -0.4 is 5.73 Å². The molecule has 16 heavy (non-hydrogen) atoms. The molecule has 0 rings (SSSR count). The van der Waals surface area contributed by atoms with E-state index >= 15 is 0 Å². The van der Waals surface area contributed by atoms with E-state index in [0.29, 0.717) is 0 Å². The van der Waals surface area contributed by atoms with Crippen molar-refractivity contribution in [3.05, 3.63) is 12.7 Å². The van der Waals surface area contributed by atoms with Crippen LogP contribution in [0.4, 0.5) is 4.79 Å². The van der Waals surface area contributed by atoms with Crippen LogP contribution >= 0.6 is 0 Å². The molecule has 0 unspecified atom stereocenters. The second kappa shape index (κ2) is 6.44. The molecule has 0 aliphatic rings. The van der Waals surface area contributed by atoms with Crippen LogP contribution in [0.2, 0.25) is 0 Å². The third-order valence-electron chi connectivity index (χ3n) is 1.67. The Hall–Kier alpha value is -2.05. The zero-order valence-electron chi connectivity index (χ0n) is 9.05. The van der Waals surface area contributed by atoms with Crippen molar-refractivity contribution in [1.82, 2.24) is 9.80 Å². The average molecular weight is 229 g/mol. The van der Waals surface area contributed by atoms with Crippen LogP contribution in [0.3, 0.4) is 0 Å². The van der Waals surface area contributed by atoms with Crippen molar-refractivity contribution in [2.75, 3.05) is 26.7 Å². The molecule has 7 heteroatoms. The number of urea groups is 1. The van der Waals surface area contributed by atoms with Gasteiger partial charge in [0, 0.05) is 13.6 Å². The summed E-state index contributed by atoms with van der Waals surface area (Å²) in [6.45, 7) is 2.71. The van der Waals surface area contributed by atoms with Crippen molar-refractivity contribution >= 4 is 17.9 Å². The molecule has 0 saturated heterocycles. The lowest BCUT2D eigenvalue weighted by molar-refractivity contribution is -0.138. The fourth-order valence-corrected chi connectivity index (χ4v) is 1.06. The van der Waals surface area contributed by atoms with E-state index in [-0.39, 0.29) is 6.54 Å². The van der Waals surface area contributed by atoms with Crippen LogP contribution in [0.5, 0.6) is 0 Å². The van der Waals surface area contributed by atoms with Gasteiger partial charge >= 0.3 is 12.0 Å². The number of amides is 3. The number of aliphatic carboxylic acids is 1. The molecule has 0 aromatic carbocycles. The number of rotatable bonds is 6. The lowest BCUT2D eigenvalue weighted by Gasteiger charge is -2.25. The lowest BCUT2D eigenvalue weighted by atomic mass is 10.4. The van der Waals surface area contributed by atoms with Crippen molar-refractivity contribution in [3.8, 4) is 0 Å².